The third-order valence-electron chi connectivity index (χ3n) is 5.52. The van der Waals surface area contributed by atoms with Gasteiger partial charge in [0.15, 0.2) is 0 Å². The lowest BCUT2D eigenvalue weighted by Crippen LogP contribution is -2.31. The van der Waals surface area contributed by atoms with Crippen molar-refractivity contribution in [2.45, 2.75) is 27.3 Å². The summed E-state index contributed by atoms with van der Waals surface area (Å²) in [5, 5.41) is 2.83. The van der Waals surface area contributed by atoms with Crippen LogP contribution >= 0.6 is 0 Å². The number of aryl methyl sites for hydroxylation is 3. The minimum absolute atomic E-state index is 0.180. The molecule has 0 radical (unpaired) electrons. The molecule has 0 bridgehead atoms. The summed E-state index contributed by atoms with van der Waals surface area (Å²) in [4.78, 5) is 12.5. The van der Waals surface area contributed by atoms with Crippen LogP contribution in [0.2, 0.25) is 0 Å². The number of amides is 1. The molecule has 35 heavy (non-hydrogen) atoms. The molecule has 0 saturated carbocycles. The van der Waals surface area contributed by atoms with E-state index in [4.69, 9.17) is 9.47 Å². The normalized spacial score (nSPS) is 11.1. The average molecular weight is 497 g/mol. The second kappa shape index (κ2) is 11.3. The Balaban J connectivity index is 1.62. The Labute approximate surface area is 207 Å². The maximum atomic E-state index is 12.6. The van der Waals surface area contributed by atoms with Crippen molar-refractivity contribution in [1.82, 2.24) is 5.32 Å². The molecule has 1 amide bonds. The molecule has 186 valence electrons. The molecule has 1 N–H and O–H groups in total. The monoisotopic (exact) mass is 496 g/mol. The van der Waals surface area contributed by atoms with Crippen LogP contribution in [0.3, 0.4) is 0 Å². The van der Waals surface area contributed by atoms with E-state index in [2.05, 4.69) is 5.32 Å². The Morgan fingerprint density at radius 3 is 2.17 bits per heavy atom. The second-order valence-electron chi connectivity index (χ2n) is 8.50. The second-order valence-corrected chi connectivity index (χ2v) is 10.4. The number of rotatable bonds is 10. The fraction of sp³-hybridized carbons (Fsp3) is 0.296. The molecule has 3 rings (SSSR count). The first-order chi connectivity index (χ1) is 16.6. The highest BCUT2D eigenvalue weighted by Gasteiger charge is 2.22. The fourth-order valence-corrected chi connectivity index (χ4v) is 4.98. The highest BCUT2D eigenvalue weighted by atomic mass is 32.2. The first kappa shape index (κ1) is 26.1. The fourth-order valence-electron chi connectivity index (χ4n) is 3.98. The van der Waals surface area contributed by atoms with Crippen molar-refractivity contribution in [3.05, 3.63) is 88.5 Å². The van der Waals surface area contributed by atoms with Gasteiger partial charge in [0.2, 0.25) is 10.0 Å². The minimum Gasteiger partial charge on any atom is -0.497 e. The van der Waals surface area contributed by atoms with Crippen LogP contribution < -0.4 is 19.1 Å². The van der Waals surface area contributed by atoms with E-state index >= 15 is 0 Å². The predicted octanol–water partition coefficient (Wildman–Crippen LogP) is 4.40. The van der Waals surface area contributed by atoms with Gasteiger partial charge < -0.3 is 14.8 Å². The number of nitrogens with one attached hydrogen (secondary N) is 1. The summed E-state index contributed by atoms with van der Waals surface area (Å²) in [5.74, 6) is 1.14. The highest BCUT2D eigenvalue weighted by Crippen LogP contribution is 2.30. The molecule has 0 atom stereocenters. The van der Waals surface area contributed by atoms with Crippen molar-refractivity contribution >= 4 is 21.6 Å². The van der Waals surface area contributed by atoms with Crippen LogP contribution in [0, 0.1) is 20.8 Å². The SMILES string of the molecule is COc1cccc(OCCNC(=O)c2ccc(CN(c3c(C)cc(C)cc3C)S(C)(=O)=O)cc2)c1. The summed E-state index contributed by atoms with van der Waals surface area (Å²) < 4.78 is 37.5. The highest BCUT2D eigenvalue weighted by molar-refractivity contribution is 7.92. The van der Waals surface area contributed by atoms with E-state index in [1.807, 2.05) is 51.1 Å². The standard InChI is InChI=1S/C27H32N2O5S/c1-19-15-20(2)26(21(3)16-19)29(35(5,31)32)18-22-9-11-23(12-10-22)27(30)28-13-14-34-25-8-6-7-24(17-25)33-4/h6-12,15-17H,13-14,18H2,1-5H3,(H,28,30). The van der Waals surface area contributed by atoms with Crippen LogP contribution in [0.25, 0.3) is 0 Å². The third-order valence-corrected chi connectivity index (χ3v) is 6.64. The molecule has 0 aromatic heterocycles. The summed E-state index contributed by atoms with van der Waals surface area (Å²) in [6.45, 7) is 6.65. The Kier molecular flexibility index (Phi) is 8.40. The maximum Gasteiger partial charge on any atom is 0.251 e. The summed E-state index contributed by atoms with van der Waals surface area (Å²) >= 11 is 0. The zero-order chi connectivity index (χ0) is 25.6. The number of benzene rings is 3. The van der Waals surface area contributed by atoms with Crippen LogP contribution in [-0.4, -0.2) is 40.8 Å². The van der Waals surface area contributed by atoms with Crippen LogP contribution in [-0.2, 0) is 16.6 Å². The summed E-state index contributed by atoms with van der Waals surface area (Å²) in [5.41, 5.74) is 4.86. The number of hydrogen-bond acceptors (Lipinski definition) is 5. The molecule has 7 nitrogen and oxygen atoms in total. The third kappa shape index (κ3) is 6.99. The Bertz CT molecular complexity index is 1260. The van der Waals surface area contributed by atoms with Gasteiger partial charge in [-0.25, -0.2) is 8.42 Å². The van der Waals surface area contributed by atoms with Crippen molar-refractivity contribution in [2.24, 2.45) is 0 Å². The Hall–Kier alpha value is -3.52. The summed E-state index contributed by atoms with van der Waals surface area (Å²) in [6.07, 6.45) is 1.21. The molecule has 0 unspecified atom stereocenters. The molecule has 0 saturated heterocycles. The Morgan fingerprint density at radius 1 is 0.943 bits per heavy atom. The number of carbonyl (C=O) groups excluding carboxylic acids is 1. The van der Waals surface area contributed by atoms with Gasteiger partial charge in [-0.15, -0.1) is 0 Å². The van der Waals surface area contributed by atoms with E-state index in [1.165, 1.54) is 10.6 Å². The van der Waals surface area contributed by atoms with Crippen molar-refractivity contribution in [1.29, 1.82) is 0 Å². The van der Waals surface area contributed by atoms with Gasteiger partial charge in [-0.05, 0) is 61.7 Å². The van der Waals surface area contributed by atoms with E-state index in [-0.39, 0.29) is 12.5 Å². The van der Waals surface area contributed by atoms with Crippen molar-refractivity contribution in [3.8, 4) is 11.5 Å². The molecule has 0 aliphatic carbocycles. The minimum atomic E-state index is -3.51. The first-order valence-electron chi connectivity index (χ1n) is 11.3. The van der Waals surface area contributed by atoms with Crippen LogP contribution in [0.15, 0.2) is 60.7 Å². The molecular formula is C27H32N2O5S. The van der Waals surface area contributed by atoms with Crippen LogP contribution in [0.5, 0.6) is 11.5 Å². The lowest BCUT2D eigenvalue weighted by Gasteiger charge is -2.26. The van der Waals surface area contributed by atoms with Crippen molar-refractivity contribution in [2.75, 3.05) is 30.8 Å². The molecule has 0 fully saturated rings. The van der Waals surface area contributed by atoms with Gasteiger partial charge in [-0.3, -0.25) is 9.10 Å². The molecule has 8 heteroatoms. The number of methoxy groups -OCH3 is 1. The zero-order valence-corrected chi connectivity index (χ0v) is 21.6. The van der Waals surface area contributed by atoms with E-state index in [9.17, 15) is 13.2 Å². The smallest absolute Gasteiger partial charge is 0.251 e. The molecule has 3 aromatic carbocycles. The number of nitrogens with zero attached hydrogens (tertiary/aromatic N) is 1. The zero-order valence-electron chi connectivity index (χ0n) is 20.8. The number of sulfonamides is 1. The quantitative estimate of drug-likeness (QED) is 0.421. The van der Waals surface area contributed by atoms with E-state index < -0.39 is 10.0 Å². The summed E-state index contributed by atoms with van der Waals surface area (Å²) in [7, 11) is -1.92. The first-order valence-corrected chi connectivity index (χ1v) is 13.1. The van der Waals surface area contributed by atoms with E-state index in [0.29, 0.717) is 35.9 Å². The number of carbonyl (C=O) groups is 1. The lowest BCUT2D eigenvalue weighted by molar-refractivity contribution is 0.0947. The van der Waals surface area contributed by atoms with Gasteiger partial charge in [0.05, 0.1) is 32.1 Å². The van der Waals surface area contributed by atoms with Crippen molar-refractivity contribution < 1.29 is 22.7 Å². The molecule has 3 aromatic rings. The van der Waals surface area contributed by atoms with Gasteiger partial charge in [0.1, 0.15) is 18.1 Å². The van der Waals surface area contributed by atoms with Gasteiger partial charge >= 0.3 is 0 Å². The average Bonchev–Trinajstić information content (AvgIpc) is 2.80. The molecule has 0 aliphatic heterocycles. The number of ether oxygens (including phenoxy) is 2. The topological polar surface area (TPSA) is 84.9 Å². The largest absolute Gasteiger partial charge is 0.497 e. The van der Waals surface area contributed by atoms with Gasteiger partial charge in [-0.2, -0.15) is 0 Å². The van der Waals surface area contributed by atoms with E-state index in [1.54, 1.807) is 37.4 Å². The molecule has 0 aliphatic rings. The molecular weight excluding hydrogens is 464 g/mol. The number of hydrogen-bond donors (Lipinski definition) is 1. The molecule has 0 heterocycles. The summed E-state index contributed by atoms with van der Waals surface area (Å²) in [6, 6.07) is 18.2. The maximum absolute atomic E-state index is 12.6. The Morgan fingerprint density at radius 2 is 1.57 bits per heavy atom. The van der Waals surface area contributed by atoms with Crippen LogP contribution in [0.1, 0.15) is 32.6 Å². The number of anilines is 1. The van der Waals surface area contributed by atoms with E-state index in [0.717, 1.165) is 22.3 Å². The predicted molar refractivity (Wildman–Crippen MR) is 139 cm³/mol. The van der Waals surface area contributed by atoms with Gasteiger partial charge in [-0.1, -0.05) is 35.9 Å². The van der Waals surface area contributed by atoms with Gasteiger partial charge in [0.25, 0.3) is 5.91 Å². The lowest BCUT2D eigenvalue weighted by atomic mass is 10.0. The molecule has 0 spiro atoms. The van der Waals surface area contributed by atoms with Crippen molar-refractivity contribution in [3.63, 3.8) is 0 Å². The van der Waals surface area contributed by atoms with Gasteiger partial charge in [0, 0.05) is 11.6 Å². The van der Waals surface area contributed by atoms with Crippen LogP contribution in [0.4, 0.5) is 5.69 Å².